The smallest absolute Gasteiger partial charge is 0.263 e. The summed E-state index contributed by atoms with van der Waals surface area (Å²) in [4.78, 5) is 13.0. The highest BCUT2D eigenvalue weighted by Gasteiger charge is 2.18. The zero-order valence-corrected chi connectivity index (χ0v) is 14.3. The number of fused-ring (bicyclic) bond motifs is 1. The highest BCUT2D eigenvalue weighted by molar-refractivity contribution is 9.10. The molecular weight excluding hydrogens is 338 g/mol. The van der Waals surface area contributed by atoms with Crippen molar-refractivity contribution in [2.24, 2.45) is 0 Å². The van der Waals surface area contributed by atoms with Gasteiger partial charge in [0.05, 0.1) is 11.1 Å². The Morgan fingerprint density at radius 3 is 2.59 bits per heavy atom. The molecule has 0 N–H and O–H groups in total. The standard InChI is InChI=1S/C19H17BrNO/c1-4-14-11-21(18-13(3)12(2)9-10-15(14)18)19(22)16-7-5-6-8-17(16)20/h5-11H,1,4H2,2-3H3. The van der Waals surface area contributed by atoms with Crippen LogP contribution in [0, 0.1) is 20.8 Å². The monoisotopic (exact) mass is 354 g/mol. The van der Waals surface area contributed by atoms with Crippen LogP contribution in [0.15, 0.2) is 47.1 Å². The fourth-order valence-corrected chi connectivity index (χ4v) is 3.24. The predicted octanol–water partition coefficient (Wildman–Crippen LogP) is 5.09. The molecule has 0 unspecified atom stereocenters. The molecule has 0 spiro atoms. The molecule has 3 rings (SSSR count). The van der Waals surface area contributed by atoms with Crippen LogP contribution in [0.25, 0.3) is 10.9 Å². The summed E-state index contributed by atoms with van der Waals surface area (Å²) in [5.41, 5.74) is 5.06. The third kappa shape index (κ3) is 2.30. The summed E-state index contributed by atoms with van der Waals surface area (Å²) in [6, 6.07) is 11.7. The van der Waals surface area contributed by atoms with Gasteiger partial charge in [-0.3, -0.25) is 9.36 Å². The number of rotatable bonds is 2. The predicted molar refractivity (Wildman–Crippen MR) is 94.3 cm³/mol. The first-order valence-corrected chi connectivity index (χ1v) is 8.02. The minimum atomic E-state index is -0.0223. The molecule has 0 atom stereocenters. The molecule has 2 nitrogen and oxygen atoms in total. The Morgan fingerprint density at radius 1 is 1.18 bits per heavy atom. The number of aromatic nitrogens is 1. The fraction of sp³-hybridized carbons (Fsp3) is 0.158. The Kier molecular flexibility index (Phi) is 3.92. The lowest BCUT2D eigenvalue weighted by Crippen LogP contribution is -2.12. The van der Waals surface area contributed by atoms with Gasteiger partial charge in [-0.1, -0.05) is 24.3 Å². The van der Waals surface area contributed by atoms with E-state index in [0.29, 0.717) is 12.0 Å². The number of carbonyl (C=O) groups excluding carboxylic acids is 1. The number of carbonyl (C=O) groups is 1. The second kappa shape index (κ2) is 5.73. The topological polar surface area (TPSA) is 22.0 Å². The van der Waals surface area contributed by atoms with Crippen LogP contribution < -0.4 is 0 Å². The Hall–Kier alpha value is -1.87. The third-order valence-corrected chi connectivity index (χ3v) is 4.86. The second-order valence-corrected chi connectivity index (χ2v) is 6.32. The van der Waals surface area contributed by atoms with E-state index in [-0.39, 0.29) is 5.91 Å². The first-order valence-electron chi connectivity index (χ1n) is 7.23. The van der Waals surface area contributed by atoms with Crippen LogP contribution >= 0.6 is 15.9 Å². The number of benzene rings is 2. The average molecular weight is 355 g/mol. The first kappa shape index (κ1) is 15.0. The molecule has 1 heterocycles. The summed E-state index contributed by atoms with van der Waals surface area (Å²) < 4.78 is 2.57. The number of halogens is 1. The summed E-state index contributed by atoms with van der Waals surface area (Å²) in [5.74, 6) is -0.0223. The molecule has 0 aliphatic rings. The van der Waals surface area contributed by atoms with Gasteiger partial charge in [-0.05, 0) is 71.9 Å². The van der Waals surface area contributed by atoms with Crippen molar-refractivity contribution >= 4 is 32.7 Å². The zero-order valence-electron chi connectivity index (χ0n) is 12.7. The van der Waals surface area contributed by atoms with Gasteiger partial charge in [0.1, 0.15) is 0 Å². The lowest BCUT2D eigenvalue weighted by Gasteiger charge is -2.09. The van der Waals surface area contributed by atoms with Crippen molar-refractivity contribution in [3.8, 4) is 0 Å². The largest absolute Gasteiger partial charge is 0.283 e. The Balaban J connectivity index is 2.29. The Morgan fingerprint density at radius 2 is 1.91 bits per heavy atom. The summed E-state index contributed by atoms with van der Waals surface area (Å²) in [7, 11) is 0. The van der Waals surface area contributed by atoms with Crippen molar-refractivity contribution in [2.75, 3.05) is 0 Å². The minimum absolute atomic E-state index is 0.0223. The molecule has 0 saturated heterocycles. The quantitative estimate of drug-likeness (QED) is 0.628. The third-order valence-electron chi connectivity index (χ3n) is 4.17. The highest BCUT2D eigenvalue weighted by Crippen LogP contribution is 2.29. The molecule has 0 bridgehead atoms. The van der Waals surface area contributed by atoms with Crippen molar-refractivity contribution in [3.05, 3.63) is 76.2 Å². The van der Waals surface area contributed by atoms with Crippen LogP contribution in [0.1, 0.15) is 27.0 Å². The van der Waals surface area contributed by atoms with Crippen molar-refractivity contribution in [2.45, 2.75) is 20.3 Å². The lowest BCUT2D eigenvalue weighted by atomic mass is 10.0. The van der Waals surface area contributed by atoms with E-state index in [0.717, 1.165) is 26.5 Å². The minimum Gasteiger partial charge on any atom is -0.283 e. The van der Waals surface area contributed by atoms with Gasteiger partial charge in [0.2, 0.25) is 0 Å². The number of hydrogen-bond donors (Lipinski definition) is 0. The number of hydrogen-bond acceptors (Lipinski definition) is 1. The van der Waals surface area contributed by atoms with Gasteiger partial charge in [-0.15, -0.1) is 0 Å². The van der Waals surface area contributed by atoms with Gasteiger partial charge in [0.25, 0.3) is 5.91 Å². The SMILES string of the molecule is [CH2]Cc1cn(C(=O)c2ccccc2Br)c2c(C)c(C)ccc12. The van der Waals surface area contributed by atoms with Crippen molar-refractivity contribution in [1.82, 2.24) is 4.57 Å². The van der Waals surface area contributed by atoms with E-state index in [2.05, 4.69) is 48.8 Å². The van der Waals surface area contributed by atoms with E-state index in [9.17, 15) is 4.79 Å². The summed E-state index contributed by atoms with van der Waals surface area (Å²) in [6.45, 7) is 8.12. The van der Waals surface area contributed by atoms with Gasteiger partial charge in [-0.2, -0.15) is 0 Å². The van der Waals surface area contributed by atoms with Gasteiger partial charge in [0.15, 0.2) is 0 Å². The summed E-state index contributed by atoms with van der Waals surface area (Å²) in [5, 5.41) is 1.11. The molecule has 0 aliphatic heterocycles. The van der Waals surface area contributed by atoms with Crippen LogP contribution in [0.3, 0.4) is 0 Å². The fourth-order valence-electron chi connectivity index (χ4n) is 2.78. The van der Waals surface area contributed by atoms with Crippen LogP contribution in [0.4, 0.5) is 0 Å². The molecule has 3 heteroatoms. The number of nitrogens with zero attached hydrogens (tertiary/aromatic N) is 1. The second-order valence-electron chi connectivity index (χ2n) is 5.46. The van der Waals surface area contributed by atoms with Gasteiger partial charge < -0.3 is 0 Å². The molecule has 0 fully saturated rings. The van der Waals surface area contributed by atoms with E-state index in [4.69, 9.17) is 0 Å². The van der Waals surface area contributed by atoms with E-state index in [1.165, 1.54) is 5.56 Å². The maximum atomic E-state index is 13.0. The molecule has 0 saturated carbocycles. The zero-order chi connectivity index (χ0) is 15.9. The summed E-state index contributed by atoms with van der Waals surface area (Å²) >= 11 is 3.47. The van der Waals surface area contributed by atoms with Crippen LogP contribution in [0.2, 0.25) is 0 Å². The lowest BCUT2D eigenvalue weighted by molar-refractivity contribution is 0.0964. The Labute approximate surface area is 138 Å². The Bertz CT molecular complexity index is 877. The van der Waals surface area contributed by atoms with Crippen molar-refractivity contribution in [3.63, 3.8) is 0 Å². The molecule has 22 heavy (non-hydrogen) atoms. The molecule has 1 radical (unpaired) electrons. The molecule has 0 aliphatic carbocycles. The van der Waals surface area contributed by atoms with E-state index < -0.39 is 0 Å². The van der Waals surface area contributed by atoms with Crippen LogP contribution in [-0.2, 0) is 6.42 Å². The molecule has 3 aromatic rings. The first-order chi connectivity index (χ1) is 10.5. The van der Waals surface area contributed by atoms with E-state index in [1.807, 2.05) is 30.5 Å². The summed E-state index contributed by atoms with van der Waals surface area (Å²) in [6.07, 6.45) is 2.58. The maximum absolute atomic E-state index is 13.0. The van der Waals surface area contributed by atoms with E-state index in [1.54, 1.807) is 4.57 Å². The number of aryl methyl sites for hydroxylation is 2. The van der Waals surface area contributed by atoms with Gasteiger partial charge in [-0.25, -0.2) is 0 Å². The van der Waals surface area contributed by atoms with Crippen LogP contribution in [-0.4, -0.2) is 10.5 Å². The highest BCUT2D eigenvalue weighted by atomic mass is 79.9. The molecule has 1 aromatic heterocycles. The molecule has 2 aromatic carbocycles. The van der Waals surface area contributed by atoms with Crippen LogP contribution in [0.5, 0.6) is 0 Å². The van der Waals surface area contributed by atoms with E-state index >= 15 is 0 Å². The van der Waals surface area contributed by atoms with Gasteiger partial charge in [0, 0.05) is 16.1 Å². The van der Waals surface area contributed by atoms with Gasteiger partial charge >= 0.3 is 0 Å². The molecule has 111 valence electrons. The average Bonchev–Trinajstić information content (AvgIpc) is 2.90. The van der Waals surface area contributed by atoms with Crippen molar-refractivity contribution in [1.29, 1.82) is 0 Å². The van der Waals surface area contributed by atoms with Crippen molar-refractivity contribution < 1.29 is 4.79 Å². The maximum Gasteiger partial charge on any atom is 0.263 e. The molecular formula is C19H17BrNO. The normalized spacial score (nSPS) is 11.1. The molecule has 0 amide bonds.